The number of hydrogen-bond donors (Lipinski definition) is 1. The molecule has 0 bridgehead atoms. The van der Waals surface area contributed by atoms with E-state index in [0.717, 1.165) is 28.6 Å². The van der Waals surface area contributed by atoms with Crippen molar-refractivity contribution in [3.05, 3.63) is 42.6 Å². The van der Waals surface area contributed by atoms with E-state index in [0.29, 0.717) is 18.8 Å². The van der Waals surface area contributed by atoms with Crippen LogP contribution in [-0.4, -0.2) is 34.7 Å². The molecule has 3 heterocycles. The molecule has 7 heteroatoms. The van der Waals surface area contributed by atoms with E-state index in [1.54, 1.807) is 12.3 Å². The molecule has 25 heavy (non-hydrogen) atoms. The average molecular weight is 363 g/mol. The maximum absolute atomic E-state index is 13.3. The molecule has 0 atom stereocenters. The predicted molar refractivity (Wildman–Crippen MR) is 97.6 cm³/mol. The Hall–Kier alpha value is -2.15. The number of halogens is 1. The van der Waals surface area contributed by atoms with Crippen molar-refractivity contribution >= 4 is 20.7 Å². The van der Waals surface area contributed by atoms with Gasteiger partial charge in [0.1, 0.15) is 15.7 Å². The smallest absolute Gasteiger partial charge is 0.150 e. The SMILES string of the molecule is C.O=S1(=O)CCC(Cn2cc(-c3c[nH]c4cc(F)ccc34)cn2)CC1. The molecule has 0 spiro atoms. The third kappa shape index (κ3) is 3.61. The van der Waals surface area contributed by atoms with E-state index in [2.05, 4.69) is 10.1 Å². The third-order valence-electron chi connectivity index (χ3n) is 4.71. The van der Waals surface area contributed by atoms with E-state index in [4.69, 9.17) is 0 Å². The van der Waals surface area contributed by atoms with Crippen molar-refractivity contribution in [2.24, 2.45) is 5.92 Å². The fourth-order valence-corrected chi connectivity index (χ4v) is 4.91. The highest BCUT2D eigenvalue weighted by Gasteiger charge is 2.24. The third-order valence-corrected chi connectivity index (χ3v) is 6.42. The highest BCUT2D eigenvalue weighted by molar-refractivity contribution is 7.91. The predicted octanol–water partition coefficient (Wildman–Crippen LogP) is 3.63. The van der Waals surface area contributed by atoms with E-state index in [1.165, 1.54) is 12.1 Å². The minimum atomic E-state index is -2.83. The molecule has 1 aliphatic rings. The summed E-state index contributed by atoms with van der Waals surface area (Å²) in [6, 6.07) is 4.69. The zero-order chi connectivity index (χ0) is 16.7. The molecule has 0 aliphatic carbocycles. The number of aromatic nitrogens is 3. The van der Waals surface area contributed by atoms with Gasteiger partial charge in [-0.3, -0.25) is 4.68 Å². The van der Waals surface area contributed by atoms with Crippen molar-refractivity contribution in [2.75, 3.05) is 11.5 Å². The van der Waals surface area contributed by atoms with Gasteiger partial charge in [0.25, 0.3) is 0 Å². The number of aromatic amines is 1. The first-order valence-corrected chi connectivity index (χ1v) is 9.82. The van der Waals surface area contributed by atoms with Crippen molar-refractivity contribution < 1.29 is 12.8 Å². The molecule has 5 nitrogen and oxygen atoms in total. The number of fused-ring (bicyclic) bond motifs is 1. The number of nitrogens with zero attached hydrogens (tertiary/aromatic N) is 2. The Bertz CT molecular complexity index is 977. The molecule has 0 unspecified atom stereocenters. The first kappa shape index (κ1) is 17.7. The van der Waals surface area contributed by atoms with Gasteiger partial charge in [-0.1, -0.05) is 7.43 Å². The van der Waals surface area contributed by atoms with E-state index in [1.807, 2.05) is 17.1 Å². The molecule has 134 valence electrons. The molecule has 4 rings (SSSR count). The topological polar surface area (TPSA) is 67.8 Å². The van der Waals surface area contributed by atoms with Gasteiger partial charge in [0, 0.05) is 41.0 Å². The Kier molecular flexibility index (Phi) is 4.69. The number of H-pyrrole nitrogens is 1. The first-order chi connectivity index (χ1) is 11.5. The summed E-state index contributed by atoms with van der Waals surface area (Å²) in [7, 11) is -2.83. The summed E-state index contributed by atoms with van der Waals surface area (Å²) in [6.07, 6.45) is 7.02. The summed E-state index contributed by atoms with van der Waals surface area (Å²) < 4.78 is 38.2. The van der Waals surface area contributed by atoms with Gasteiger partial charge < -0.3 is 4.98 Å². The number of sulfone groups is 1. The van der Waals surface area contributed by atoms with Crippen LogP contribution >= 0.6 is 0 Å². The molecule has 0 saturated carbocycles. The lowest BCUT2D eigenvalue weighted by Crippen LogP contribution is -2.26. The molecule has 1 fully saturated rings. The molecule has 1 aliphatic heterocycles. The number of hydrogen-bond acceptors (Lipinski definition) is 3. The maximum Gasteiger partial charge on any atom is 0.150 e. The quantitative estimate of drug-likeness (QED) is 0.773. The van der Waals surface area contributed by atoms with Crippen molar-refractivity contribution in [1.29, 1.82) is 0 Å². The highest BCUT2D eigenvalue weighted by Crippen LogP contribution is 2.29. The van der Waals surface area contributed by atoms with Crippen LogP contribution in [0.1, 0.15) is 20.3 Å². The zero-order valence-corrected chi connectivity index (χ0v) is 13.9. The standard InChI is InChI=1S/C17H18FN3O2S.CH4/c18-14-1-2-15-16(9-19-17(15)7-14)13-8-20-21(11-13)10-12-3-5-24(22,23)6-4-12;/h1-2,7-9,11-12,19H,3-6,10H2;1H4. The monoisotopic (exact) mass is 363 g/mol. The largest absolute Gasteiger partial charge is 0.360 e. The van der Waals surface area contributed by atoms with E-state index in [-0.39, 0.29) is 24.7 Å². The van der Waals surface area contributed by atoms with Gasteiger partial charge in [-0.25, -0.2) is 12.8 Å². The molecule has 2 aromatic heterocycles. The molecule has 0 amide bonds. The molecule has 1 saturated heterocycles. The first-order valence-electron chi connectivity index (χ1n) is 8.00. The fraction of sp³-hybridized carbons (Fsp3) is 0.389. The zero-order valence-electron chi connectivity index (χ0n) is 13.1. The Labute approximate surface area is 146 Å². The summed E-state index contributed by atoms with van der Waals surface area (Å²) >= 11 is 0. The van der Waals surface area contributed by atoms with Crippen LogP contribution < -0.4 is 0 Å². The van der Waals surface area contributed by atoms with E-state index >= 15 is 0 Å². The molecular weight excluding hydrogens is 341 g/mol. The molecule has 3 aromatic rings. The Morgan fingerprint density at radius 1 is 1.28 bits per heavy atom. The molecule has 1 N–H and O–H groups in total. The van der Waals surface area contributed by atoms with Gasteiger partial charge in [-0.15, -0.1) is 0 Å². The Morgan fingerprint density at radius 2 is 2.04 bits per heavy atom. The maximum atomic E-state index is 13.3. The number of rotatable bonds is 3. The van der Waals surface area contributed by atoms with Gasteiger partial charge in [-0.2, -0.15) is 5.10 Å². The van der Waals surface area contributed by atoms with Gasteiger partial charge in [0.2, 0.25) is 0 Å². The fourth-order valence-electron chi connectivity index (χ4n) is 3.33. The highest BCUT2D eigenvalue weighted by atomic mass is 32.2. The second-order valence-corrected chi connectivity index (χ2v) is 8.74. The van der Waals surface area contributed by atoms with E-state index in [9.17, 15) is 12.8 Å². The van der Waals surface area contributed by atoms with Crippen molar-refractivity contribution in [3.8, 4) is 11.1 Å². The average Bonchev–Trinajstić information content (AvgIpc) is 3.15. The van der Waals surface area contributed by atoms with Crippen LogP contribution in [0.2, 0.25) is 0 Å². The second kappa shape index (κ2) is 6.63. The molecule has 0 radical (unpaired) electrons. The Morgan fingerprint density at radius 3 is 2.80 bits per heavy atom. The van der Waals surface area contributed by atoms with Gasteiger partial charge >= 0.3 is 0 Å². The number of nitrogens with one attached hydrogen (secondary N) is 1. The van der Waals surface area contributed by atoms with Crippen LogP contribution in [0.4, 0.5) is 4.39 Å². The van der Waals surface area contributed by atoms with Crippen LogP contribution in [-0.2, 0) is 16.4 Å². The summed E-state index contributed by atoms with van der Waals surface area (Å²) in [4.78, 5) is 3.08. The van der Waals surface area contributed by atoms with Crippen LogP contribution in [0.15, 0.2) is 36.8 Å². The summed E-state index contributed by atoms with van der Waals surface area (Å²) in [5.74, 6) is 0.636. The van der Waals surface area contributed by atoms with Gasteiger partial charge in [0.15, 0.2) is 0 Å². The van der Waals surface area contributed by atoms with Crippen LogP contribution in [0.3, 0.4) is 0 Å². The van der Waals surface area contributed by atoms with Crippen molar-refractivity contribution in [1.82, 2.24) is 14.8 Å². The van der Waals surface area contributed by atoms with Crippen LogP contribution in [0.5, 0.6) is 0 Å². The van der Waals surface area contributed by atoms with E-state index < -0.39 is 9.84 Å². The second-order valence-electron chi connectivity index (χ2n) is 6.44. The van der Waals surface area contributed by atoms with Crippen LogP contribution in [0.25, 0.3) is 22.0 Å². The summed E-state index contributed by atoms with van der Waals surface area (Å²) in [5, 5.41) is 5.36. The van der Waals surface area contributed by atoms with Gasteiger partial charge in [0.05, 0.1) is 17.7 Å². The summed E-state index contributed by atoms with van der Waals surface area (Å²) in [5.41, 5.74) is 2.72. The molecular formula is C18H22FN3O2S. The lowest BCUT2D eigenvalue weighted by Gasteiger charge is -2.21. The number of benzene rings is 1. The Balaban J connectivity index is 0.00000182. The normalized spacial score (nSPS) is 17.5. The molecule has 1 aromatic carbocycles. The summed E-state index contributed by atoms with van der Waals surface area (Å²) in [6.45, 7) is 0.729. The van der Waals surface area contributed by atoms with Crippen molar-refractivity contribution in [2.45, 2.75) is 26.8 Å². The lowest BCUT2D eigenvalue weighted by atomic mass is 10.0. The van der Waals surface area contributed by atoms with Crippen molar-refractivity contribution in [3.63, 3.8) is 0 Å². The van der Waals surface area contributed by atoms with Gasteiger partial charge in [-0.05, 0) is 37.0 Å². The minimum absolute atomic E-state index is 0. The minimum Gasteiger partial charge on any atom is -0.360 e. The van der Waals surface area contributed by atoms with Crippen LogP contribution in [0, 0.1) is 11.7 Å². The lowest BCUT2D eigenvalue weighted by molar-refractivity contribution is 0.384.